The van der Waals surface area contributed by atoms with Gasteiger partial charge in [-0.05, 0) is 49.6 Å². The fourth-order valence-electron chi connectivity index (χ4n) is 2.80. The highest BCUT2D eigenvalue weighted by Gasteiger charge is 2.21. The predicted octanol–water partition coefficient (Wildman–Crippen LogP) is 4.03. The fourth-order valence-corrected chi connectivity index (χ4v) is 3.89. The number of carbonyl (C=O) groups excluding carboxylic acids is 1. The van der Waals surface area contributed by atoms with Crippen molar-refractivity contribution in [2.24, 2.45) is 0 Å². The van der Waals surface area contributed by atoms with Crippen LogP contribution in [0.1, 0.15) is 45.6 Å². The summed E-state index contributed by atoms with van der Waals surface area (Å²) in [6, 6.07) is 10.0. The highest BCUT2D eigenvalue weighted by Crippen LogP contribution is 2.27. The number of thiophene rings is 1. The Labute approximate surface area is 151 Å². The van der Waals surface area contributed by atoms with Crippen molar-refractivity contribution in [3.8, 4) is 5.69 Å². The normalized spacial score (nSPS) is 12.2. The van der Waals surface area contributed by atoms with Crippen LogP contribution in [0, 0.1) is 6.92 Å². The summed E-state index contributed by atoms with van der Waals surface area (Å²) in [6.45, 7) is 6.23. The van der Waals surface area contributed by atoms with Crippen molar-refractivity contribution in [1.82, 2.24) is 19.7 Å². The zero-order chi connectivity index (χ0) is 18.0. The molecule has 3 aromatic rings. The molecule has 0 aliphatic heterocycles. The van der Waals surface area contributed by atoms with Crippen molar-refractivity contribution in [2.45, 2.75) is 33.2 Å². The molecule has 0 fully saturated rings. The molecule has 0 N–H and O–H groups in total. The molecule has 2 aromatic heterocycles. The van der Waals surface area contributed by atoms with Gasteiger partial charge in [-0.15, -0.1) is 11.3 Å². The Morgan fingerprint density at radius 1 is 1.32 bits per heavy atom. The molecule has 1 atom stereocenters. The standard InChI is InChI=1S/C19H22N4OS/c1-5-17-13(2)10-18(25-17)19(24)22(4)14(3)15-6-8-16(9-7-15)23-12-20-11-21-23/h6-12,14H,5H2,1-4H3/t14-/m0/s1. The van der Waals surface area contributed by atoms with Crippen LogP contribution in [0.15, 0.2) is 43.0 Å². The summed E-state index contributed by atoms with van der Waals surface area (Å²) in [4.78, 5) is 20.7. The van der Waals surface area contributed by atoms with E-state index in [0.717, 1.165) is 22.5 Å². The number of carbonyl (C=O) groups is 1. The molecule has 2 heterocycles. The number of hydrogen-bond acceptors (Lipinski definition) is 4. The maximum Gasteiger partial charge on any atom is 0.264 e. The van der Waals surface area contributed by atoms with E-state index in [4.69, 9.17) is 0 Å². The lowest BCUT2D eigenvalue weighted by Gasteiger charge is -2.25. The van der Waals surface area contributed by atoms with Crippen LogP contribution >= 0.6 is 11.3 Å². The lowest BCUT2D eigenvalue weighted by Crippen LogP contribution is -2.29. The van der Waals surface area contributed by atoms with E-state index < -0.39 is 0 Å². The van der Waals surface area contributed by atoms with Crippen LogP contribution in [0.5, 0.6) is 0 Å². The topological polar surface area (TPSA) is 51.0 Å². The number of aryl methyl sites for hydroxylation is 2. The van der Waals surface area contributed by atoms with Gasteiger partial charge in [-0.3, -0.25) is 4.79 Å². The van der Waals surface area contributed by atoms with Gasteiger partial charge in [0.15, 0.2) is 0 Å². The van der Waals surface area contributed by atoms with Crippen molar-refractivity contribution in [3.63, 3.8) is 0 Å². The minimum atomic E-state index is -0.00946. The first kappa shape index (κ1) is 17.4. The maximum absolute atomic E-state index is 12.8. The van der Waals surface area contributed by atoms with Gasteiger partial charge in [-0.1, -0.05) is 19.1 Å². The van der Waals surface area contributed by atoms with Gasteiger partial charge in [0.2, 0.25) is 0 Å². The minimum absolute atomic E-state index is 0.00946. The Morgan fingerprint density at radius 3 is 2.60 bits per heavy atom. The Bertz CT molecular complexity index is 852. The Kier molecular flexibility index (Phi) is 4.99. The molecule has 0 bridgehead atoms. The summed E-state index contributed by atoms with van der Waals surface area (Å²) in [5, 5.41) is 4.13. The smallest absolute Gasteiger partial charge is 0.264 e. The molecule has 0 radical (unpaired) electrons. The van der Waals surface area contributed by atoms with Crippen LogP contribution in [0.3, 0.4) is 0 Å². The summed E-state index contributed by atoms with van der Waals surface area (Å²) in [7, 11) is 1.86. The molecule has 3 rings (SSSR count). The van der Waals surface area contributed by atoms with E-state index in [2.05, 4.69) is 23.9 Å². The van der Waals surface area contributed by atoms with E-state index in [1.165, 1.54) is 16.8 Å². The van der Waals surface area contributed by atoms with Gasteiger partial charge in [-0.25, -0.2) is 9.67 Å². The zero-order valence-electron chi connectivity index (χ0n) is 14.9. The second-order valence-corrected chi connectivity index (χ2v) is 7.23. The molecule has 0 spiro atoms. The second kappa shape index (κ2) is 7.19. The summed E-state index contributed by atoms with van der Waals surface area (Å²) < 4.78 is 1.71. The summed E-state index contributed by atoms with van der Waals surface area (Å²) >= 11 is 1.60. The first-order chi connectivity index (χ1) is 12.0. The number of benzene rings is 1. The van der Waals surface area contributed by atoms with Crippen LogP contribution in [0.4, 0.5) is 0 Å². The van der Waals surface area contributed by atoms with E-state index >= 15 is 0 Å². The van der Waals surface area contributed by atoms with Gasteiger partial charge < -0.3 is 4.90 Å². The van der Waals surface area contributed by atoms with Gasteiger partial charge >= 0.3 is 0 Å². The lowest BCUT2D eigenvalue weighted by molar-refractivity contribution is 0.0747. The molecular weight excluding hydrogens is 332 g/mol. The lowest BCUT2D eigenvalue weighted by atomic mass is 10.1. The molecule has 0 unspecified atom stereocenters. The maximum atomic E-state index is 12.8. The highest BCUT2D eigenvalue weighted by atomic mass is 32.1. The van der Waals surface area contributed by atoms with E-state index in [9.17, 15) is 4.79 Å². The molecule has 130 valence electrons. The van der Waals surface area contributed by atoms with Crippen LogP contribution in [0.25, 0.3) is 5.69 Å². The van der Waals surface area contributed by atoms with Gasteiger partial charge in [0.1, 0.15) is 12.7 Å². The molecule has 6 heteroatoms. The van der Waals surface area contributed by atoms with Crippen LogP contribution in [0.2, 0.25) is 0 Å². The molecule has 0 aliphatic carbocycles. The van der Waals surface area contributed by atoms with Crippen molar-refractivity contribution in [3.05, 3.63) is 63.9 Å². The van der Waals surface area contributed by atoms with E-state index in [-0.39, 0.29) is 11.9 Å². The quantitative estimate of drug-likeness (QED) is 0.695. The third-order valence-corrected chi connectivity index (χ3v) is 5.88. The molecular formula is C19H22N4OS. The van der Waals surface area contributed by atoms with Gasteiger partial charge in [0.05, 0.1) is 16.6 Å². The number of rotatable bonds is 5. The first-order valence-electron chi connectivity index (χ1n) is 8.32. The fraction of sp³-hybridized carbons (Fsp3) is 0.316. The molecule has 5 nitrogen and oxygen atoms in total. The molecule has 0 saturated carbocycles. The first-order valence-corrected chi connectivity index (χ1v) is 9.14. The van der Waals surface area contributed by atoms with E-state index in [0.29, 0.717) is 0 Å². The van der Waals surface area contributed by atoms with Gasteiger partial charge in [0.25, 0.3) is 5.91 Å². The minimum Gasteiger partial charge on any atom is -0.334 e. The largest absolute Gasteiger partial charge is 0.334 e. The monoisotopic (exact) mass is 354 g/mol. The van der Waals surface area contributed by atoms with Crippen molar-refractivity contribution in [2.75, 3.05) is 7.05 Å². The molecule has 0 saturated heterocycles. The van der Waals surface area contributed by atoms with Crippen molar-refractivity contribution < 1.29 is 4.79 Å². The number of hydrogen-bond donors (Lipinski definition) is 0. The van der Waals surface area contributed by atoms with E-state index in [1.54, 1.807) is 27.2 Å². The third-order valence-electron chi connectivity index (χ3n) is 4.51. The Balaban J connectivity index is 1.77. The summed E-state index contributed by atoms with van der Waals surface area (Å²) in [5.41, 5.74) is 3.24. The van der Waals surface area contributed by atoms with Crippen LogP contribution in [-0.4, -0.2) is 32.6 Å². The third kappa shape index (κ3) is 3.49. The predicted molar refractivity (Wildman–Crippen MR) is 100 cm³/mol. The average molecular weight is 354 g/mol. The SMILES string of the molecule is CCc1sc(C(=O)N(C)[C@@H](C)c2ccc(-n3cncn3)cc2)cc1C. The Morgan fingerprint density at radius 2 is 2.04 bits per heavy atom. The van der Waals surface area contributed by atoms with Gasteiger partial charge in [-0.2, -0.15) is 5.10 Å². The van der Waals surface area contributed by atoms with Crippen LogP contribution < -0.4 is 0 Å². The average Bonchev–Trinajstić information content (AvgIpc) is 3.29. The second-order valence-electron chi connectivity index (χ2n) is 6.09. The van der Waals surface area contributed by atoms with Crippen molar-refractivity contribution >= 4 is 17.2 Å². The van der Waals surface area contributed by atoms with Crippen molar-refractivity contribution in [1.29, 1.82) is 0 Å². The zero-order valence-corrected chi connectivity index (χ0v) is 15.7. The number of aromatic nitrogens is 3. The highest BCUT2D eigenvalue weighted by molar-refractivity contribution is 7.14. The number of nitrogens with zero attached hydrogens (tertiary/aromatic N) is 4. The van der Waals surface area contributed by atoms with Crippen LogP contribution in [-0.2, 0) is 6.42 Å². The number of amides is 1. The molecule has 25 heavy (non-hydrogen) atoms. The molecule has 0 aliphatic rings. The summed E-state index contributed by atoms with van der Waals surface area (Å²) in [6.07, 6.45) is 4.14. The Hall–Kier alpha value is -2.47. The van der Waals surface area contributed by atoms with E-state index in [1.807, 2.05) is 44.3 Å². The summed E-state index contributed by atoms with van der Waals surface area (Å²) in [5.74, 6) is 0.0700. The van der Waals surface area contributed by atoms with Gasteiger partial charge in [0, 0.05) is 11.9 Å². The molecule has 1 amide bonds. The molecule has 1 aromatic carbocycles.